The first-order chi connectivity index (χ1) is 14.6. The molecule has 0 amide bonds. The van der Waals surface area contributed by atoms with E-state index in [1.54, 1.807) is 0 Å². The molecular formula is C34H70. The van der Waals surface area contributed by atoms with E-state index >= 15 is 0 Å². The van der Waals surface area contributed by atoms with E-state index < -0.39 is 0 Å². The van der Waals surface area contributed by atoms with Crippen molar-refractivity contribution < 1.29 is 0 Å². The summed E-state index contributed by atoms with van der Waals surface area (Å²) < 4.78 is 0. The molecule has 3 unspecified atom stereocenters. The highest BCUT2D eigenvalue weighted by Gasteiger charge is 2.57. The van der Waals surface area contributed by atoms with Crippen LogP contribution in [0.3, 0.4) is 0 Å². The zero-order chi connectivity index (χ0) is 28.1. The molecule has 0 radical (unpaired) electrons. The second-order valence-corrected chi connectivity index (χ2v) is 17.2. The lowest BCUT2D eigenvalue weighted by Gasteiger charge is -2.62. The van der Waals surface area contributed by atoms with Gasteiger partial charge in [-0.25, -0.2) is 0 Å². The maximum absolute atomic E-state index is 2.58. The molecule has 0 spiro atoms. The van der Waals surface area contributed by atoms with Crippen LogP contribution >= 0.6 is 0 Å². The highest BCUT2D eigenvalue weighted by molar-refractivity contribution is 5.06. The lowest BCUT2D eigenvalue weighted by atomic mass is 9.43. The van der Waals surface area contributed by atoms with Gasteiger partial charge in [0.1, 0.15) is 0 Å². The second kappa shape index (κ2) is 10.0. The third kappa shape index (κ3) is 5.62. The number of rotatable bonds is 12. The van der Waals surface area contributed by atoms with E-state index in [4.69, 9.17) is 0 Å². The van der Waals surface area contributed by atoms with Crippen LogP contribution < -0.4 is 0 Å². The first-order valence-corrected chi connectivity index (χ1v) is 14.6. The van der Waals surface area contributed by atoms with Crippen molar-refractivity contribution in [1.29, 1.82) is 0 Å². The molecule has 0 saturated heterocycles. The van der Waals surface area contributed by atoms with Gasteiger partial charge in [-0.2, -0.15) is 0 Å². The van der Waals surface area contributed by atoms with E-state index in [-0.39, 0.29) is 32.5 Å². The molecule has 206 valence electrons. The Morgan fingerprint density at radius 2 is 0.735 bits per heavy atom. The van der Waals surface area contributed by atoms with Crippen molar-refractivity contribution in [2.24, 2.45) is 67.5 Å². The van der Waals surface area contributed by atoms with E-state index in [0.29, 0.717) is 35.0 Å². The largest absolute Gasteiger partial charge is 0.0625 e. The molecule has 0 aromatic carbocycles. The first kappa shape index (κ1) is 34.0. The van der Waals surface area contributed by atoms with E-state index in [1.165, 1.54) is 6.42 Å². The molecule has 0 aromatic rings. The van der Waals surface area contributed by atoms with Crippen LogP contribution in [0.2, 0.25) is 0 Å². The van der Waals surface area contributed by atoms with Crippen molar-refractivity contribution in [2.75, 3.05) is 0 Å². The van der Waals surface area contributed by atoms with Gasteiger partial charge in [0.25, 0.3) is 0 Å². The zero-order valence-corrected chi connectivity index (χ0v) is 28.1. The zero-order valence-electron chi connectivity index (χ0n) is 28.1. The average molecular weight is 479 g/mol. The molecule has 0 heterocycles. The first-order valence-electron chi connectivity index (χ1n) is 14.6. The van der Waals surface area contributed by atoms with Gasteiger partial charge in [0, 0.05) is 0 Å². The van der Waals surface area contributed by atoms with Crippen LogP contribution in [0.25, 0.3) is 0 Å². The van der Waals surface area contributed by atoms with Crippen LogP contribution in [0.1, 0.15) is 152 Å². The second-order valence-electron chi connectivity index (χ2n) is 17.2. The molecule has 0 aliphatic rings. The molecule has 3 atom stereocenters. The van der Waals surface area contributed by atoms with Gasteiger partial charge in [-0.05, 0) is 73.9 Å². The quantitative estimate of drug-likeness (QED) is 0.261. The Morgan fingerprint density at radius 1 is 0.412 bits per heavy atom. The third-order valence-electron chi connectivity index (χ3n) is 14.2. The van der Waals surface area contributed by atoms with E-state index in [2.05, 4.69) is 145 Å². The minimum atomic E-state index is 0.181. The minimum Gasteiger partial charge on any atom is -0.0625 e. The van der Waals surface area contributed by atoms with Crippen LogP contribution in [0.4, 0.5) is 0 Å². The molecule has 34 heavy (non-hydrogen) atoms. The average Bonchev–Trinajstić information content (AvgIpc) is 2.64. The maximum atomic E-state index is 2.58. The van der Waals surface area contributed by atoms with Crippen LogP contribution in [0, 0.1) is 67.5 Å². The van der Waals surface area contributed by atoms with Crippen molar-refractivity contribution >= 4 is 0 Å². The predicted octanol–water partition coefficient (Wildman–Crippen LogP) is 11.8. The summed E-state index contributed by atoms with van der Waals surface area (Å²) in [6.45, 7) is 52.7. The Labute approximate surface area is 219 Å². The molecule has 0 rings (SSSR count). The lowest BCUT2D eigenvalue weighted by Crippen LogP contribution is -2.55. The molecule has 0 N–H and O–H groups in total. The van der Waals surface area contributed by atoms with Crippen LogP contribution in [0.5, 0.6) is 0 Å². The summed E-state index contributed by atoms with van der Waals surface area (Å²) in [5, 5.41) is 0. The Balaban J connectivity index is 6.29. The molecule has 0 bridgehead atoms. The van der Waals surface area contributed by atoms with Gasteiger partial charge in [0.05, 0.1) is 0 Å². The number of hydrogen-bond donors (Lipinski definition) is 0. The van der Waals surface area contributed by atoms with E-state index in [1.807, 2.05) is 0 Å². The predicted molar refractivity (Wildman–Crippen MR) is 158 cm³/mol. The van der Waals surface area contributed by atoms with Gasteiger partial charge in [-0.15, -0.1) is 0 Å². The standard InChI is InChI=1S/C34H70/c1-23(2)25(5)30(12,13)26(6)27(7)32(16,17)34(20,21)29(10,11)22-28(8,9)33(18,19)31(14,15)24(3)4/h23-27H,22H2,1-21H3. The van der Waals surface area contributed by atoms with Crippen LogP contribution in [-0.4, -0.2) is 0 Å². The summed E-state index contributed by atoms with van der Waals surface area (Å²) in [5.74, 6) is 3.35. The highest BCUT2D eigenvalue weighted by atomic mass is 14.6. The van der Waals surface area contributed by atoms with Gasteiger partial charge in [-0.3, -0.25) is 0 Å². The lowest BCUT2D eigenvalue weighted by molar-refractivity contribution is -0.131. The van der Waals surface area contributed by atoms with Crippen molar-refractivity contribution in [1.82, 2.24) is 0 Å². The molecule has 0 saturated carbocycles. The summed E-state index contributed by atoms with van der Waals surface area (Å²) in [5.41, 5.74) is 1.61. The smallest absolute Gasteiger partial charge is 0.0249 e. The van der Waals surface area contributed by atoms with Gasteiger partial charge in [0.2, 0.25) is 0 Å². The summed E-state index contributed by atoms with van der Waals surface area (Å²) in [6, 6.07) is 0. The number of hydrogen-bond acceptors (Lipinski definition) is 0. The monoisotopic (exact) mass is 479 g/mol. The van der Waals surface area contributed by atoms with Gasteiger partial charge in [0.15, 0.2) is 0 Å². The fourth-order valence-corrected chi connectivity index (χ4v) is 7.13. The van der Waals surface area contributed by atoms with Gasteiger partial charge in [-0.1, -0.05) is 145 Å². The Hall–Kier alpha value is 0. The van der Waals surface area contributed by atoms with Crippen molar-refractivity contribution in [2.45, 2.75) is 152 Å². The molecule has 0 aliphatic carbocycles. The van der Waals surface area contributed by atoms with E-state index in [0.717, 1.165) is 0 Å². The van der Waals surface area contributed by atoms with Crippen molar-refractivity contribution in [3.8, 4) is 0 Å². The van der Waals surface area contributed by atoms with Gasteiger partial charge < -0.3 is 0 Å². The Morgan fingerprint density at radius 3 is 1.03 bits per heavy atom. The fourth-order valence-electron chi connectivity index (χ4n) is 7.13. The molecule has 0 heteroatoms. The van der Waals surface area contributed by atoms with Crippen molar-refractivity contribution in [3.05, 3.63) is 0 Å². The topological polar surface area (TPSA) is 0 Å². The van der Waals surface area contributed by atoms with Crippen LogP contribution in [0.15, 0.2) is 0 Å². The van der Waals surface area contributed by atoms with Crippen LogP contribution in [-0.2, 0) is 0 Å². The highest BCUT2D eigenvalue weighted by Crippen LogP contribution is 2.64. The van der Waals surface area contributed by atoms with E-state index in [9.17, 15) is 0 Å². The SMILES string of the molecule is CC(C)C(C)C(C)(C)C(C)C(C)C(C)(C)C(C)(C)C(C)(C)CC(C)(C)C(C)(C)C(C)(C)C(C)C. The summed E-state index contributed by atoms with van der Waals surface area (Å²) in [7, 11) is 0. The summed E-state index contributed by atoms with van der Waals surface area (Å²) >= 11 is 0. The molecular weight excluding hydrogens is 408 g/mol. The summed E-state index contributed by atoms with van der Waals surface area (Å²) in [6.07, 6.45) is 1.23. The normalized spacial score (nSPS) is 18.4. The molecule has 0 aromatic heterocycles. The van der Waals surface area contributed by atoms with Gasteiger partial charge >= 0.3 is 0 Å². The minimum absolute atomic E-state index is 0.181. The molecule has 0 fully saturated rings. The van der Waals surface area contributed by atoms with Crippen molar-refractivity contribution in [3.63, 3.8) is 0 Å². The Kier molecular flexibility index (Phi) is 10.0. The Bertz CT molecular complexity index is 648. The maximum Gasteiger partial charge on any atom is -0.0249 e. The fraction of sp³-hybridized carbons (Fsp3) is 1.00. The molecule has 0 aliphatic heterocycles. The third-order valence-corrected chi connectivity index (χ3v) is 14.2. The summed E-state index contributed by atoms with van der Waals surface area (Å²) in [4.78, 5) is 0. The molecule has 0 nitrogen and oxygen atoms in total.